The highest BCUT2D eigenvalue weighted by atomic mass is 32.2. The summed E-state index contributed by atoms with van der Waals surface area (Å²) in [6, 6.07) is 19.5. The molecule has 3 aromatic rings. The Hall–Kier alpha value is -2.53. The predicted octanol–water partition coefficient (Wildman–Crippen LogP) is 4.21. The first-order valence-corrected chi connectivity index (χ1v) is 9.07. The van der Waals surface area contributed by atoms with Gasteiger partial charge in [0.2, 0.25) is 5.91 Å². The molecule has 1 amide bonds. The number of rotatable bonds is 6. The topological polar surface area (TPSA) is 51.2 Å². The molecule has 0 bridgehead atoms. The van der Waals surface area contributed by atoms with E-state index in [0.717, 1.165) is 27.2 Å². The van der Waals surface area contributed by atoms with E-state index in [2.05, 4.69) is 10.3 Å². The van der Waals surface area contributed by atoms with Crippen LogP contribution in [-0.2, 0) is 4.79 Å². The molecule has 0 aliphatic heterocycles. The molecule has 5 heteroatoms. The van der Waals surface area contributed by atoms with E-state index in [1.165, 1.54) is 11.8 Å². The molecule has 1 unspecified atom stereocenters. The standard InChI is InChI=1S/C20H20N2O2S/c1-14(16-8-4-6-10-18(16)24-2)21-19(23)13-25-20-12-11-15-7-3-5-9-17(15)22-20/h3-12,14H,13H2,1-2H3,(H,21,23). The minimum atomic E-state index is -0.117. The highest BCUT2D eigenvalue weighted by Crippen LogP contribution is 2.25. The first-order chi connectivity index (χ1) is 12.2. The molecule has 3 rings (SSSR count). The van der Waals surface area contributed by atoms with Gasteiger partial charge >= 0.3 is 0 Å². The lowest BCUT2D eigenvalue weighted by Crippen LogP contribution is -2.28. The van der Waals surface area contributed by atoms with Gasteiger partial charge in [-0.3, -0.25) is 4.79 Å². The van der Waals surface area contributed by atoms with E-state index >= 15 is 0 Å². The number of aromatic nitrogens is 1. The summed E-state index contributed by atoms with van der Waals surface area (Å²) in [5.41, 5.74) is 1.91. The third-order valence-corrected chi connectivity index (χ3v) is 4.84. The predicted molar refractivity (Wildman–Crippen MR) is 102 cm³/mol. The maximum Gasteiger partial charge on any atom is 0.230 e. The van der Waals surface area contributed by atoms with Gasteiger partial charge in [-0.25, -0.2) is 4.98 Å². The second-order valence-corrected chi connectivity index (χ2v) is 6.66. The zero-order valence-electron chi connectivity index (χ0n) is 14.2. The van der Waals surface area contributed by atoms with E-state index in [1.54, 1.807) is 7.11 Å². The van der Waals surface area contributed by atoms with Gasteiger partial charge in [0.15, 0.2) is 0 Å². The van der Waals surface area contributed by atoms with Crippen LogP contribution in [0.4, 0.5) is 0 Å². The number of para-hydroxylation sites is 2. The van der Waals surface area contributed by atoms with Crippen LogP contribution < -0.4 is 10.1 Å². The lowest BCUT2D eigenvalue weighted by Gasteiger charge is -2.17. The van der Waals surface area contributed by atoms with E-state index in [1.807, 2.05) is 67.6 Å². The minimum Gasteiger partial charge on any atom is -0.496 e. The van der Waals surface area contributed by atoms with Crippen molar-refractivity contribution < 1.29 is 9.53 Å². The number of ether oxygens (including phenoxy) is 1. The molecule has 1 N–H and O–H groups in total. The Kier molecular flexibility index (Phi) is 5.56. The molecule has 1 aromatic heterocycles. The van der Waals surface area contributed by atoms with Crippen LogP contribution in [0.25, 0.3) is 10.9 Å². The summed E-state index contributed by atoms with van der Waals surface area (Å²) in [6.07, 6.45) is 0. The number of hydrogen-bond acceptors (Lipinski definition) is 4. The van der Waals surface area contributed by atoms with Crippen molar-refractivity contribution in [3.8, 4) is 5.75 Å². The van der Waals surface area contributed by atoms with Crippen LogP contribution in [0, 0.1) is 0 Å². The largest absolute Gasteiger partial charge is 0.496 e. The Balaban J connectivity index is 1.60. The van der Waals surface area contributed by atoms with Gasteiger partial charge in [0.1, 0.15) is 5.75 Å². The van der Waals surface area contributed by atoms with Crippen LogP contribution in [0.15, 0.2) is 65.7 Å². The Morgan fingerprint density at radius 2 is 1.88 bits per heavy atom. The Morgan fingerprint density at radius 1 is 1.12 bits per heavy atom. The number of carbonyl (C=O) groups is 1. The minimum absolute atomic E-state index is 0.0293. The molecule has 0 radical (unpaired) electrons. The molecule has 1 heterocycles. The Morgan fingerprint density at radius 3 is 2.72 bits per heavy atom. The fraction of sp³-hybridized carbons (Fsp3) is 0.200. The quantitative estimate of drug-likeness (QED) is 0.675. The molecule has 25 heavy (non-hydrogen) atoms. The van der Waals surface area contributed by atoms with Gasteiger partial charge in [0, 0.05) is 10.9 Å². The third kappa shape index (κ3) is 4.31. The number of nitrogens with zero attached hydrogens (tertiary/aromatic N) is 1. The van der Waals surface area contributed by atoms with Gasteiger partial charge < -0.3 is 10.1 Å². The number of benzene rings is 2. The monoisotopic (exact) mass is 352 g/mol. The maximum absolute atomic E-state index is 12.3. The Bertz CT molecular complexity index is 882. The smallest absolute Gasteiger partial charge is 0.230 e. The lowest BCUT2D eigenvalue weighted by atomic mass is 10.1. The summed E-state index contributed by atoms with van der Waals surface area (Å²) < 4.78 is 5.35. The number of pyridine rings is 1. The summed E-state index contributed by atoms with van der Waals surface area (Å²) >= 11 is 1.44. The van der Waals surface area contributed by atoms with Crippen LogP contribution in [0.1, 0.15) is 18.5 Å². The van der Waals surface area contributed by atoms with E-state index < -0.39 is 0 Å². The summed E-state index contributed by atoms with van der Waals surface area (Å²) in [5.74, 6) is 1.07. The van der Waals surface area contributed by atoms with Crippen molar-refractivity contribution in [1.82, 2.24) is 10.3 Å². The van der Waals surface area contributed by atoms with Crippen LogP contribution >= 0.6 is 11.8 Å². The molecular weight excluding hydrogens is 332 g/mol. The van der Waals surface area contributed by atoms with E-state index in [9.17, 15) is 4.79 Å². The normalized spacial score (nSPS) is 11.9. The fourth-order valence-corrected chi connectivity index (χ4v) is 3.34. The first kappa shape index (κ1) is 17.3. The molecule has 0 aliphatic rings. The van der Waals surface area contributed by atoms with Gasteiger partial charge in [-0.1, -0.05) is 54.2 Å². The van der Waals surface area contributed by atoms with Crippen LogP contribution in [0.5, 0.6) is 5.75 Å². The number of nitrogens with one attached hydrogen (secondary N) is 1. The summed E-state index contributed by atoms with van der Waals surface area (Å²) in [5, 5.41) is 4.96. The second kappa shape index (κ2) is 8.03. The zero-order valence-corrected chi connectivity index (χ0v) is 15.0. The van der Waals surface area contributed by atoms with Gasteiger partial charge in [-0.15, -0.1) is 0 Å². The van der Waals surface area contributed by atoms with Crippen molar-refractivity contribution in [1.29, 1.82) is 0 Å². The van der Waals surface area contributed by atoms with Crippen molar-refractivity contribution in [2.24, 2.45) is 0 Å². The van der Waals surface area contributed by atoms with E-state index in [4.69, 9.17) is 4.74 Å². The van der Waals surface area contributed by atoms with Crippen molar-refractivity contribution in [3.05, 3.63) is 66.2 Å². The maximum atomic E-state index is 12.3. The van der Waals surface area contributed by atoms with Gasteiger partial charge in [0.05, 0.1) is 29.4 Å². The van der Waals surface area contributed by atoms with E-state index in [0.29, 0.717) is 5.75 Å². The molecule has 0 saturated heterocycles. The number of amides is 1. The lowest BCUT2D eigenvalue weighted by molar-refractivity contribution is -0.119. The number of carbonyl (C=O) groups excluding carboxylic acids is 1. The zero-order chi connectivity index (χ0) is 17.6. The van der Waals surface area contributed by atoms with Crippen molar-refractivity contribution in [2.45, 2.75) is 18.0 Å². The molecule has 2 aromatic carbocycles. The van der Waals surface area contributed by atoms with Crippen molar-refractivity contribution in [3.63, 3.8) is 0 Å². The highest BCUT2D eigenvalue weighted by Gasteiger charge is 2.14. The van der Waals surface area contributed by atoms with Crippen LogP contribution in [0.3, 0.4) is 0 Å². The first-order valence-electron chi connectivity index (χ1n) is 8.08. The van der Waals surface area contributed by atoms with Gasteiger partial charge in [-0.05, 0) is 25.1 Å². The number of thioether (sulfide) groups is 1. The van der Waals surface area contributed by atoms with Gasteiger partial charge in [0.25, 0.3) is 0 Å². The fourth-order valence-electron chi connectivity index (χ4n) is 2.65. The second-order valence-electron chi connectivity index (χ2n) is 5.66. The summed E-state index contributed by atoms with van der Waals surface area (Å²) in [6.45, 7) is 1.95. The molecule has 1 atom stereocenters. The number of fused-ring (bicyclic) bond motifs is 1. The van der Waals surface area contributed by atoms with Crippen LogP contribution in [-0.4, -0.2) is 23.8 Å². The molecule has 0 fully saturated rings. The molecule has 0 aliphatic carbocycles. The molecular formula is C20H20N2O2S. The molecule has 128 valence electrons. The molecule has 0 saturated carbocycles. The average Bonchev–Trinajstić information content (AvgIpc) is 2.66. The Labute approximate surface area is 151 Å². The average molecular weight is 352 g/mol. The van der Waals surface area contributed by atoms with Crippen molar-refractivity contribution >= 4 is 28.6 Å². The van der Waals surface area contributed by atoms with Crippen molar-refractivity contribution in [2.75, 3.05) is 12.9 Å². The summed E-state index contributed by atoms with van der Waals surface area (Å²) in [7, 11) is 1.63. The third-order valence-electron chi connectivity index (χ3n) is 3.91. The number of hydrogen-bond donors (Lipinski definition) is 1. The molecule has 0 spiro atoms. The SMILES string of the molecule is COc1ccccc1C(C)NC(=O)CSc1ccc2ccccc2n1. The molecule has 4 nitrogen and oxygen atoms in total. The summed E-state index contributed by atoms with van der Waals surface area (Å²) in [4.78, 5) is 16.8. The number of methoxy groups -OCH3 is 1. The van der Waals surface area contributed by atoms with E-state index in [-0.39, 0.29) is 11.9 Å². The van der Waals surface area contributed by atoms with Crippen LogP contribution in [0.2, 0.25) is 0 Å². The van der Waals surface area contributed by atoms with Gasteiger partial charge in [-0.2, -0.15) is 0 Å². The highest BCUT2D eigenvalue weighted by molar-refractivity contribution is 7.99.